The number of nitrogens with one attached hydrogen (secondary N) is 1. The quantitative estimate of drug-likeness (QED) is 0.799. The first-order chi connectivity index (χ1) is 6.75. The van der Waals surface area contributed by atoms with Gasteiger partial charge in [-0.05, 0) is 49.3 Å². The van der Waals surface area contributed by atoms with Gasteiger partial charge in [-0.3, -0.25) is 0 Å². The maximum absolute atomic E-state index is 3.59. The number of benzene rings is 1. The van der Waals surface area contributed by atoms with E-state index < -0.39 is 0 Å². The van der Waals surface area contributed by atoms with Crippen molar-refractivity contribution in [1.29, 1.82) is 0 Å². The Morgan fingerprint density at radius 1 is 1.29 bits per heavy atom. The van der Waals surface area contributed by atoms with Crippen LogP contribution < -0.4 is 5.32 Å². The smallest absolute Gasteiger partial charge is 0.0359 e. The summed E-state index contributed by atoms with van der Waals surface area (Å²) in [5, 5.41) is 3.59. The topological polar surface area (TPSA) is 12.0 Å². The lowest BCUT2D eigenvalue weighted by molar-refractivity contribution is 0.813. The maximum Gasteiger partial charge on any atom is 0.0359 e. The number of hydrogen-bond acceptors (Lipinski definition) is 2. The lowest BCUT2D eigenvalue weighted by Crippen LogP contribution is -2.17. The van der Waals surface area contributed by atoms with E-state index in [9.17, 15) is 0 Å². The standard InChI is InChI=1S/C12H17NS/c1-9-3-4-11(7-10(9)2)13-12-5-6-14-8-12/h3-4,7,12-13H,5-6,8H2,1-2H3. The minimum atomic E-state index is 0.683. The summed E-state index contributed by atoms with van der Waals surface area (Å²) < 4.78 is 0. The van der Waals surface area contributed by atoms with Gasteiger partial charge in [0.15, 0.2) is 0 Å². The molecule has 2 rings (SSSR count). The fourth-order valence-electron chi connectivity index (χ4n) is 1.72. The van der Waals surface area contributed by atoms with Gasteiger partial charge in [0.2, 0.25) is 0 Å². The van der Waals surface area contributed by atoms with Crippen LogP contribution in [0.1, 0.15) is 17.5 Å². The van der Waals surface area contributed by atoms with Gasteiger partial charge in [0, 0.05) is 17.5 Å². The predicted octanol–water partition coefficient (Wildman–Crippen LogP) is 3.22. The van der Waals surface area contributed by atoms with E-state index >= 15 is 0 Å². The van der Waals surface area contributed by atoms with Crippen molar-refractivity contribution in [2.75, 3.05) is 16.8 Å². The van der Waals surface area contributed by atoms with Crippen LogP contribution in [-0.4, -0.2) is 17.5 Å². The largest absolute Gasteiger partial charge is 0.381 e. The average molecular weight is 207 g/mol. The lowest BCUT2D eigenvalue weighted by atomic mass is 10.1. The first-order valence-corrected chi connectivity index (χ1v) is 6.33. The first-order valence-electron chi connectivity index (χ1n) is 5.17. The summed E-state index contributed by atoms with van der Waals surface area (Å²) in [6.07, 6.45) is 1.30. The highest BCUT2D eigenvalue weighted by Gasteiger charge is 2.14. The summed E-state index contributed by atoms with van der Waals surface area (Å²) in [4.78, 5) is 0. The van der Waals surface area contributed by atoms with Crippen LogP contribution in [0.2, 0.25) is 0 Å². The van der Waals surface area contributed by atoms with Crippen molar-refractivity contribution in [2.45, 2.75) is 26.3 Å². The van der Waals surface area contributed by atoms with E-state index in [0.717, 1.165) is 0 Å². The Bertz CT molecular complexity index is 316. The molecule has 1 heterocycles. The molecule has 76 valence electrons. The van der Waals surface area contributed by atoms with Gasteiger partial charge in [0.25, 0.3) is 0 Å². The van der Waals surface area contributed by atoms with Gasteiger partial charge in [-0.2, -0.15) is 11.8 Å². The highest BCUT2D eigenvalue weighted by Crippen LogP contribution is 2.22. The van der Waals surface area contributed by atoms with E-state index in [4.69, 9.17) is 0 Å². The molecule has 1 saturated heterocycles. The molecule has 0 spiro atoms. The highest BCUT2D eigenvalue weighted by atomic mass is 32.2. The second kappa shape index (κ2) is 4.26. The molecule has 2 heteroatoms. The van der Waals surface area contributed by atoms with Crippen molar-refractivity contribution in [3.8, 4) is 0 Å². The molecule has 1 aliphatic rings. The van der Waals surface area contributed by atoms with Gasteiger partial charge in [-0.25, -0.2) is 0 Å². The molecule has 1 aliphatic heterocycles. The SMILES string of the molecule is Cc1ccc(NC2CCSC2)cc1C. The van der Waals surface area contributed by atoms with Crippen LogP contribution in [0.3, 0.4) is 0 Å². The Labute approximate surface area is 90.3 Å². The molecular formula is C12H17NS. The molecule has 0 amide bonds. The fourth-order valence-corrected chi connectivity index (χ4v) is 2.87. The van der Waals surface area contributed by atoms with Crippen molar-refractivity contribution in [3.05, 3.63) is 29.3 Å². The van der Waals surface area contributed by atoms with Gasteiger partial charge in [0.05, 0.1) is 0 Å². The molecule has 1 aromatic carbocycles. The minimum absolute atomic E-state index is 0.683. The van der Waals surface area contributed by atoms with Crippen molar-refractivity contribution < 1.29 is 0 Å². The monoisotopic (exact) mass is 207 g/mol. The maximum atomic E-state index is 3.59. The van der Waals surface area contributed by atoms with Crippen LogP contribution in [0, 0.1) is 13.8 Å². The summed E-state index contributed by atoms with van der Waals surface area (Å²) in [7, 11) is 0. The summed E-state index contributed by atoms with van der Waals surface area (Å²) >= 11 is 2.05. The molecule has 1 unspecified atom stereocenters. The second-order valence-electron chi connectivity index (χ2n) is 4.00. The van der Waals surface area contributed by atoms with Crippen molar-refractivity contribution in [3.63, 3.8) is 0 Å². The van der Waals surface area contributed by atoms with Crippen LogP contribution in [-0.2, 0) is 0 Å². The van der Waals surface area contributed by atoms with Crippen molar-refractivity contribution in [1.82, 2.24) is 0 Å². The highest BCUT2D eigenvalue weighted by molar-refractivity contribution is 7.99. The van der Waals surface area contributed by atoms with Crippen LogP contribution in [0.4, 0.5) is 5.69 Å². The number of hydrogen-bond donors (Lipinski definition) is 1. The van der Waals surface area contributed by atoms with Crippen molar-refractivity contribution in [2.24, 2.45) is 0 Å². The number of anilines is 1. The Kier molecular flexibility index (Phi) is 3.02. The predicted molar refractivity (Wildman–Crippen MR) is 65.3 cm³/mol. The summed E-state index contributed by atoms with van der Waals surface area (Å²) in [6.45, 7) is 4.33. The Balaban J connectivity index is 2.05. The molecule has 0 aliphatic carbocycles. The Hall–Kier alpha value is -0.630. The van der Waals surface area contributed by atoms with Crippen molar-refractivity contribution >= 4 is 17.4 Å². The summed E-state index contributed by atoms with van der Waals surface area (Å²) in [6, 6.07) is 7.31. The van der Waals surface area contributed by atoms with Gasteiger partial charge in [-0.15, -0.1) is 0 Å². The van der Waals surface area contributed by atoms with E-state index in [1.165, 1.54) is 34.7 Å². The lowest BCUT2D eigenvalue weighted by Gasteiger charge is -2.13. The van der Waals surface area contributed by atoms with Gasteiger partial charge < -0.3 is 5.32 Å². The zero-order valence-electron chi connectivity index (χ0n) is 8.84. The zero-order chi connectivity index (χ0) is 9.97. The molecular weight excluding hydrogens is 190 g/mol. The average Bonchev–Trinajstić information content (AvgIpc) is 2.64. The molecule has 1 fully saturated rings. The van der Waals surface area contributed by atoms with E-state index in [-0.39, 0.29) is 0 Å². The first kappa shape index (κ1) is 9.91. The number of rotatable bonds is 2. The molecule has 1 N–H and O–H groups in total. The van der Waals surface area contributed by atoms with Crippen LogP contribution >= 0.6 is 11.8 Å². The fraction of sp³-hybridized carbons (Fsp3) is 0.500. The van der Waals surface area contributed by atoms with Gasteiger partial charge in [-0.1, -0.05) is 6.07 Å². The van der Waals surface area contributed by atoms with E-state index in [0.29, 0.717) is 6.04 Å². The normalized spacial score (nSPS) is 21.1. The molecule has 0 bridgehead atoms. The third-order valence-corrected chi connectivity index (χ3v) is 3.97. The number of aryl methyl sites for hydroxylation is 2. The summed E-state index contributed by atoms with van der Waals surface area (Å²) in [5.74, 6) is 2.56. The van der Waals surface area contributed by atoms with E-state index in [1.807, 2.05) is 11.8 Å². The van der Waals surface area contributed by atoms with Gasteiger partial charge >= 0.3 is 0 Å². The Morgan fingerprint density at radius 3 is 2.79 bits per heavy atom. The van der Waals surface area contributed by atoms with Crippen LogP contribution in [0.15, 0.2) is 18.2 Å². The molecule has 14 heavy (non-hydrogen) atoms. The zero-order valence-corrected chi connectivity index (χ0v) is 9.66. The molecule has 1 aromatic rings. The summed E-state index contributed by atoms with van der Waals surface area (Å²) in [5.41, 5.74) is 4.03. The molecule has 0 saturated carbocycles. The Morgan fingerprint density at radius 2 is 2.14 bits per heavy atom. The van der Waals surface area contributed by atoms with E-state index in [1.54, 1.807) is 0 Å². The molecule has 1 atom stereocenters. The molecule has 1 nitrogen and oxygen atoms in total. The number of thioether (sulfide) groups is 1. The minimum Gasteiger partial charge on any atom is -0.381 e. The third-order valence-electron chi connectivity index (χ3n) is 2.81. The van der Waals surface area contributed by atoms with Gasteiger partial charge in [0.1, 0.15) is 0 Å². The van der Waals surface area contributed by atoms with Crippen LogP contribution in [0.25, 0.3) is 0 Å². The molecule has 0 radical (unpaired) electrons. The van der Waals surface area contributed by atoms with E-state index in [2.05, 4.69) is 37.4 Å². The second-order valence-corrected chi connectivity index (χ2v) is 5.15. The third kappa shape index (κ3) is 2.24. The molecule has 0 aromatic heterocycles. The van der Waals surface area contributed by atoms with Crippen LogP contribution in [0.5, 0.6) is 0 Å².